The average molecular weight is 389 g/mol. The zero-order valence-electron chi connectivity index (χ0n) is 14.5. The largest absolute Gasteiger partial charge is 0.459 e. The Morgan fingerprint density at radius 2 is 2.16 bits per heavy atom. The van der Waals surface area contributed by atoms with Crippen molar-refractivity contribution in [2.45, 2.75) is 32.4 Å². The van der Waals surface area contributed by atoms with Crippen LogP contribution in [0.5, 0.6) is 0 Å². The van der Waals surface area contributed by atoms with E-state index in [0.717, 1.165) is 5.75 Å². The lowest BCUT2D eigenvalue weighted by atomic mass is 10.2. The Morgan fingerprint density at radius 1 is 1.44 bits per heavy atom. The normalized spacial score (nSPS) is 18.7. The number of carbonyl (C=O) groups excluding carboxylic acids is 2. The number of nitrogens with one attached hydrogen (secondary N) is 1. The summed E-state index contributed by atoms with van der Waals surface area (Å²) in [5.74, 6) is 0.0740. The van der Waals surface area contributed by atoms with Gasteiger partial charge in [0, 0.05) is 23.1 Å². The summed E-state index contributed by atoms with van der Waals surface area (Å²) >= 11 is 7.47. The Morgan fingerprint density at radius 3 is 2.84 bits per heavy atom. The zero-order chi connectivity index (χ0) is 18.6. The van der Waals surface area contributed by atoms with E-state index in [1.54, 1.807) is 37.4 Å². The number of carbonyl (C=O) groups is 2. The van der Waals surface area contributed by atoms with Crippen molar-refractivity contribution in [3.63, 3.8) is 0 Å². The van der Waals surface area contributed by atoms with E-state index < -0.39 is 23.4 Å². The highest BCUT2D eigenvalue weighted by Crippen LogP contribution is 2.22. The van der Waals surface area contributed by atoms with Gasteiger partial charge in [0.15, 0.2) is 0 Å². The number of hydrogen-bond donors (Lipinski definition) is 1. The van der Waals surface area contributed by atoms with E-state index in [4.69, 9.17) is 16.3 Å². The maximum atomic E-state index is 13.7. The molecule has 0 aromatic heterocycles. The molecule has 2 rings (SSSR count). The Balaban J connectivity index is 2.01. The first-order valence-electron chi connectivity index (χ1n) is 7.95. The molecule has 1 aliphatic heterocycles. The second-order valence-corrected chi connectivity index (χ2v) is 8.35. The van der Waals surface area contributed by atoms with Gasteiger partial charge in [-0.3, -0.25) is 14.5 Å². The highest BCUT2D eigenvalue weighted by Gasteiger charge is 2.33. The third-order valence-corrected chi connectivity index (χ3v) is 4.73. The molecule has 1 aliphatic rings. The van der Waals surface area contributed by atoms with Gasteiger partial charge in [0.2, 0.25) is 5.91 Å². The van der Waals surface area contributed by atoms with Crippen LogP contribution in [-0.4, -0.2) is 53.0 Å². The van der Waals surface area contributed by atoms with Gasteiger partial charge in [0.1, 0.15) is 17.5 Å². The van der Waals surface area contributed by atoms with E-state index in [0.29, 0.717) is 17.3 Å². The third-order valence-electron chi connectivity index (χ3n) is 3.47. The molecule has 0 aliphatic carbocycles. The Labute approximate surface area is 156 Å². The minimum Gasteiger partial charge on any atom is -0.459 e. The summed E-state index contributed by atoms with van der Waals surface area (Å²) in [4.78, 5) is 26.4. The molecule has 5 nitrogen and oxygen atoms in total. The fraction of sp³-hybridized carbons (Fsp3) is 0.529. The number of amides is 1. The summed E-state index contributed by atoms with van der Waals surface area (Å²) in [5, 5.41) is 2.84. The summed E-state index contributed by atoms with van der Waals surface area (Å²) in [7, 11) is 0. The second kappa shape index (κ2) is 8.38. The standard InChI is InChI=1S/C17H22ClFN2O3S/c1-17(2,3)24-16(23)14-10-25-7-6-21(14)9-15(22)20-13-8-11(18)4-5-12(13)19/h4-5,8,14H,6-7,9-10H2,1-3H3,(H,20,22)/t14-/m0/s1. The predicted octanol–water partition coefficient (Wildman–Crippen LogP) is 3.18. The Bertz CT molecular complexity index is 651. The van der Waals surface area contributed by atoms with Gasteiger partial charge < -0.3 is 10.1 Å². The van der Waals surface area contributed by atoms with Crippen LogP contribution >= 0.6 is 23.4 Å². The molecule has 0 radical (unpaired) electrons. The minimum absolute atomic E-state index is 0.0174. The molecule has 1 amide bonds. The summed E-state index contributed by atoms with van der Waals surface area (Å²) in [6.45, 7) is 5.98. The van der Waals surface area contributed by atoms with Crippen molar-refractivity contribution in [2.24, 2.45) is 0 Å². The Kier molecular flexibility index (Phi) is 6.71. The van der Waals surface area contributed by atoms with Crippen molar-refractivity contribution in [1.82, 2.24) is 4.90 Å². The summed E-state index contributed by atoms with van der Waals surface area (Å²) < 4.78 is 19.2. The number of esters is 1. The second-order valence-electron chi connectivity index (χ2n) is 6.77. The quantitative estimate of drug-likeness (QED) is 0.803. The summed E-state index contributed by atoms with van der Waals surface area (Å²) in [6.07, 6.45) is 0. The van der Waals surface area contributed by atoms with E-state index in [9.17, 15) is 14.0 Å². The predicted molar refractivity (Wildman–Crippen MR) is 98.6 cm³/mol. The lowest BCUT2D eigenvalue weighted by molar-refractivity contribution is -0.160. The van der Waals surface area contributed by atoms with Gasteiger partial charge in [-0.1, -0.05) is 11.6 Å². The summed E-state index contributed by atoms with van der Waals surface area (Å²) in [5.41, 5.74) is -0.561. The number of anilines is 1. The van der Waals surface area contributed by atoms with Crippen LogP contribution in [-0.2, 0) is 14.3 Å². The molecule has 1 N–H and O–H groups in total. The van der Waals surface area contributed by atoms with E-state index in [1.165, 1.54) is 18.2 Å². The van der Waals surface area contributed by atoms with E-state index in [2.05, 4.69) is 5.32 Å². The maximum absolute atomic E-state index is 13.7. The molecule has 1 aromatic carbocycles. The summed E-state index contributed by atoms with van der Waals surface area (Å²) in [6, 6.07) is 3.46. The van der Waals surface area contributed by atoms with Crippen LogP contribution in [0.3, 0.4) is 0 Å². The van der Waals surface area contributed by atoms with Crippen molar-refractivity contribution < 1.29 is 18.7 Å². The fourth-order valence-corrected chi connectivity index (χ4v) is 3.65. The molecule has 1 aromatic rings. The molecule has 1 atom stereocenters. The molecule has 0 spiro atoms. The van der Waals surface area contributed by atoms with Gasteiger partial charge in [0.05, 0.1) is 12.2 Å². The van der Waals surface area contributed by atoms with E-state index in [1.807, 2.05) is 0 Å². The molecule has 8 heteroatoms. The highest BCUT2D eigenvalue weighted by atomic mass is 35.5. The Hall–Kier alpha value is -1.31. The highest BCUT2D eigenvalue weighted by molar-refractivity contribution is 7.99. The van der Waals surface area contributed by atoms with E-state index >= 15 is 0 Å². The number of halogens is 2. The molecule has 0 bridgehead atoms. The van der Waals surface area contributed by atoms with Crippen LogP contribution in [0, 0.1) is 5.82 Å². The first-order valence-corrected chi connectivity index (χ1v) is 9.48. The van der Waals surface area contributed by atoms with Gasteiger partial charge in [-0.15, -0.1) is 0 Å². The van der Waals surface area contributed by atoms with Crippen molar-refractivity contribution in [3.05, 3.63) is 29.0 Å². The minimum atomic E-state index is -0.586. The number of hydrogen-bond acceptors (Lipinski definition) is 5. The van der Waals surface area contributed by atoms with Crippen LogP contribution < -0.4 is 5.32 Å². The van der Waals surface area contributed by atoms with Crippen LogP contribution in [0.15, 0.2) is 18.2 Å². The van der Waals surface area contributed by atoms with Crippen LogP contribution in [0.2, 0.25) is 5.02 Å². The molecule has 1 fully saturated rings. The molecule has 0 unspecified atom stereocenters. The average Bonchev–Trinajstić information content (AvgIpc) is 2.49. The molecule has 0 saturated carbocycles. The van der Waals surface area contributed by atoms with Crippen LogP contribution in [0.4, 0.5) is 10.1 Å². The molecule has 1 saturated heterocycles. The van der Waals surface area contributed by atoms with Gasteiger partial charge in [-0.05, 0) is 39.0 Å². The molecule has 25 heavy (non-hydrogen) atoms. The number of nitrogens with zero attached hydrogens (tertiary/aromatic N) is 1. The van der Waals surface area contributed by atoms with Gasteiger partial charge in [0.25, 0.3) is 0 Å². The fourth-order valence-electron chi connectivity index (χ4n) is 2.38. The van der Waals surface area contributed by atoms with E-state index in [-0.39, 0.29) is 18.2 Å². The monoisotopic (exact) mass is 388 g/mol. The third kappa shape index (κ3) is 6.17. The molecule has 1 heterocycles. The molecule has 138 valence electrons. The topological polar surface area (TPSA) is 58.6 Å². The maximum Gasteiger partial charge on any atom is 0.324 e. The number of ether oxygens (including phenoxy) is 1. The number of thioether (sulfide) groups is 1. The van der Waals surface area contributed by atoms with Crippen molar-refractivity contribution in [2.75, 3.05) is 29.9 Å². The van der Waals surface area contributed by atoms with Crippen LogP contribution in [0.25, 0.3) is 0 Å². The first kappa shape index (κ1) is 20.0. The van der Waals surface area contributed by atoms with Gasteiger partial charge in [-0.2, -0.15) is 11.8 Å². The first-order chi connectivity index (χ1) is 11.7. The lowest BCUT2D eigenvalue weighted by Gasteiger charge is -2.34. The lowest BCUT2D eigenvalue weighted by Crippen LogP contribution is -2.51. The molecular formula is C17H22ClFN2O3S. The molecular weight excluding hydrogens is 367 g/mol. The van der Waals surface area contributed by atoms with Gasteiger partial charge >= 0.3 is 5.97 Å². The SMILES string of the molecule is CC(C)(C)OC(=O)[C@@H]1CSCCN1CC(=O)Nc1cc(Cl)ccc1F. The van der Waals surface area contributed by atoms with Crippen LogP contribution in [0.1, 0.15) is 20.8 Å². The smallest absolute Gasteiger partial charge is 0.324 e. The van der Waals surface area contributed by atoms with Crippen molar-refractivity contribution >= 4 is 40.9 Å². The van der Waals surface area contributed by atoms with Gasteiger partial charge in [-0.25, -0.2) is 4.39 Å². The van der Waals surface area contributed by atoms with Crippen molar-refractivity contribution in [1.29, 1.82) is 0 Å². The van der Waals surface area contributed by atoms with Crippen molar-refractivity contribution in [3.8, 4) is 0 Å². The zero-order valence-corrected chi connectivity index (χ0v) is 16.0. The number of benzene rings is 1. The number of rotatable bonds is 4.